The van der Waals surface area contributed by atoms with E-state index in [2.05, 4.69) is 4.74 Å². The lowest BCUT2D eigenvalue weighted by Gasteiger charge is -2.21. The Hall–Kier alpha value is -2.70. The van der Waals surface area contributed by atoms with E-state index in [0.717, 1.165) is 0 Å². The molecule has 0 spiro atoms. The lowest BCUT2D eigenvalue weighted by atomic mass is 9.90. The predicted molar refractivity (Wildman–Crippen MR) is 73.4 cm³/mol. The van der Waals surface area contributed by atoms with Crippen molar-refractivity contribution in [1.82, 2.24) is 5.06 Å². The Kier molecular flexibility index (Phi) is 3.99. The number of imide groups is 1. The van der Waals surface area contributed by atoms with Gasteiger partial charge < -0.3 is 9.57 Å². The molecule has 0 radical (unpaired) electrons. The van der Waals surface area contributed by atoms with Crippen molar-refractivity contribution in [3.8, 4) is 0 Å². The molecule has 0 saturated heterocycles. The summed E-state index contributed by atoms with van der Waals surface area (Å²) in [6.07, 6.45) is -0.326. The maximum absolute atomic E-state index is 12.0. The Bertz CT molecular complexity index is 629. The highest BCUT2D eigenvalue weighted by molar-refractivity contribution is 6.20. The van der Waals surface area contributed by atoms with Crippen molar-refractivity contribution in [1.29, 1.82) is 0 Å². The lowest BCUT2D eigenvalue weighted by Crippen LogP contribution is -2.36. The largest absolute Gasteiger partial charge is 0.469 e. The average molecular weight is 305 g/mol. The minimum atomic E-state index is -1.12. The fourth-order valence-corrected chi connectivity index (χ4v) is 2.09. The molecule has 0 bridgehead atoms. The number of rotatable bonds is 4. The van der Waals surface area contributed by atoms with Crippen molar-refractivity contribution in [2.75, 3.05) is 7.11 Å². The van der Waals surface area contributed by atoms with Crippen molar-refractivity contribution in [3.63, 3.8) is 0 Å². The quantitative estimate of drug-likeness (QED) is 0.616. The van der Waals surface area contributed by atoms with E-state index >= 15 is 0 Å². The Labute approximate surface area is 126 Å². The van der Waals surface area contributed by atoms with Gasteiger partial charge in [-0.15, -0.1) is 0 Å². The van der Waals surface area contributed by atoms with Gasteiger partial charge in [-0.25, -0.2) is 4.79 Å². The van der Waals surface area contributed by atoms with Crippen LogP contribution in [0.4, 0.5) is 0 Å². The summed E-state index contributed by atoms with van der Waals surface area (Å²) in [5.41, 5.74) is -0.773. The van der Waals surface area contributed by atoms with Crippen molar-refractivity contribution >= 4 is 23.8 Å². The number of fused-ring (bicyclic) bond motifs is 1. The highest BCUT2D eigenvalue weighted by atomic mass is 16.7. The van der Waals surface area contributed by atoms with Gasteiger partial charge in [0, 0.05) is 0 Å². The van der Waals surface area contributed by atoms with Crippen LogP contribution in [0.1, 0.15) is 41.0 Å². The third-order valence-corrected chi connectivity index (χ3v) is 3.27. The number of hydrogen-bond acceptors (Lipinski definition) is 6. The molecule has 0 aliphatic carbocycles. The first kappa shape index (κ1) is 15.7. The number of hydroxylamine groups is 2. The Morgan fingerprint density at radius 1 is 1.09 bits per heavy atom. The third-order valence-electron chi connectivity index (χ3n) is 3.27. The van der Waals surface area contributed by atoms with E-state index in [9.17, 15) is 19.2 Å². The fraction of sp³-hybridized carbons (Fsp3) is 0.333. The van der Waals surface area contributed by atoms with E-state index in [-0.39, 0.29) is 17.5 Å². The summed E-state index contributed by atoms with van der Waals surface area (Å²) in [4.78, 5) is 52.3. The van der Waals surface area contributed by atoms with Crippen LogP contribution in [0.25, 0.3) is 0 Å². The monoisotopic (exact) mass is 305 g/mol. The summed E-state index contributed by atoms with van der Waals surface area (Å²) in [5.74, 6) is -2.87. The van der Waals surface area contributed by atoms with Gasteiger partial charge in [0.05, 0.1) is 30.1 Å². The molecule has 22 heavy (non-hydrogen) atoms. The molecule has 0 atom stereocenters. The summed E-state index contributed by atoms with van der Waals surface area (Å²) >= 11 is 0. The molecule has 0 N–H and O–H groups in total. The van der Waals surface area contributed by atoms with Gasteiger partial charge in [-0.05, 0) is 26.0 Å². The van der Waals surface area contributed by atoms with Gasteiger partial charge in [-0.1, -0.05) is 17.2 Å². The molecule has 116 valence electrons. The average Bonchev–Trinajstić information content (AvgIpc) is 2.71. The van der Waals surface area contributed by atoms with Crippen molar-refractivity contribution in [2.24, 2.45) is 5.41 Å². The molecule has 1 aliphatic heterocycles. The van der Waals surface area contributed by atoms with Gasteiger partial charge in [0.1, 0.15) is 0 Å². The van der Waals surface area contributed by atoms with E-state index in [1.54, 1.807) is 12.1 Å². The van der Waals surface area contributed by atoms with Gasteiger partial charge in [-0.2, -0.15) is 0 Å². The number of nitrogens with zero attached hydrogens (tertiary/aromatic N) is 1. The molecule has 0 fully saturated rings. The maximum Gasteiger partial charge on any atom is 0.334 e. The van der Waals surface area contributed by atoms with Gasteiger partial charge in [0.15, 0.2) is 0 Å². The summed E-state index contributed by atoms with van der Waals surface area (Å²) in [6.45, 7) is 3.00. The van der Waals surface area contributed by atoms with Crippen molar-refractivity contribution in [3.05, 3.63) is 35.4 Å². The highest BCUT2D eigenvalue weighted by Crippen LogP contribution is 2.26. The van der Waals surface area contributed by atoms with Crippen LogP contribution in [0.3, 0.4) is 0 Å². The predicted octanol–water partition coefficient (Wildman–Crippen LogP) is 1.33. The van der Waals surface area contributed by atoms with Crippen LogP contribution in [0.5, 0.6) is 0 Å². The molecule has 0 saturated carbocycles. The molecule has 0 unspecified atom stereocenters. The van der Waals surface area contributed by atoms with E-state index < -0.39 is 29.2 Å². The minimum absolute atomic E-state index is 0.174. The Morgan fingerprint density at radius 2 is 1.59 bits per heavy atom. The first-order valence-electron chi connectivity index (χ1n) is 6.55. The van der Waals surface area contributed by atoms with Crippen molar-refractivity contribution in [2.45, 2.75) is 20.3 Å². The number of methoxy groups -OCH3 is 1. The molecule has 0 aromatic heterocycles. The normalized spacial score (nSPS) is 13.9. The van der Waals surface area contributed by atoms with Gasteiger partial charge >= 0.3 is 11.9 Å². The number of esters is 1. The van der Waals surface area contributed by atoms with Crippen LogP contribution in [0, 0.1) is 5.41 Å². The second-order valence-electron chi connectivity index (χ2n) is 5.47. The Morgan fingerprint density at radius 3 is 2.05 bits per heavy atom. The van der Waals surface area contributed by atoms with Gasteiger partial charge in [-0.3, -0.25) is 14.4 Å². The zero-order valence-corrected chi connectivity index (χ0v) is 12.4. The van der Waals surface area contributed by atoms with Crippen LogP contribution < -0.4 is 0 Å². The molecule has 2 amide bonds. The summed E-state index contributed by atoms with van der Waals surface area (Å²) < 4.78 is 4.58. The van der Waals surface area contributed by atoms with E-state index in [4.69, 9.17) is 4.84 Å². The van der Waals surface area contributed by atoms with E-state index in [1.165, 1.54) is 33.1 Å². The van der Waals surface area contributed by atoms with E-state index in [1.807, 2.05) is 0 Å². The topological polar surface area (TPSA) is 90.0 Å². The summed E-state index contributed by atoms with van der Waals surface area (Å²) in [7, 11) is 1.21. The zero-order valence-electron chi connectivity index (χ0n) is 12.4. The number of carbonyl (C=O) groups excluding carboxylic acids is 4. The van der Waals surface area contributed by atoms with E-state index in [0.29, 0.717) is 5.06 Å². The van der Waals surface area contributed by atoms with Crippen LogP contribution in [0.2, 0.25) is 0 Å². The highest BCUT2D eigenvalue weighted by Gasteiger charge is 2.40. The lowest BCUT2D eigenvalue weighted by molar-refractivity contribution is -0.174. The maximum atomic E-state index is 12.0. The van der Waals surface area contributed by atoms with Crippen LogP contribution in [0.15, 0.2) is 24.3 Å². The molecule has 1 aromatic carbocycles. The molecule has 2 rings (SSSR count). The molecular weight excluding hydrogens is 290 g/mol. The third kappa shape index (κ3) is 2.69. The number of ether oxygens (including phenoxy) is 1. The smallest absolute Gasteiger partial charge is 0.334 e. The zero-order chi connectivity index (χ0) is 16.5. The van der Waals surface area contributed by atoms with Crippen LogP contribution in [-0.4, -0.2) is 35.9 Å². The first-order chi connectivity index (χ1) is 10.3. The minimum Gasteiger partial charge on any atom is -0.469 e. The summed E-state index contributed by atoms with van der Waals surface area (Å²) in [6, 6.07) is 6.16. The second kappa shape index (κ2) is 5.59. The molecule has 1 aliphatic rings. The van der Waals surface area contributed by atoms with Crippen LogP contribution in [-0.2, 0) is 19.2 Å². The SMILES string of the molecule is COC(=O)C(C)(C)CC(=O)ON1C(=O)c2ccccc2C1=O. The number of carbonyl (C=O) groups is 4. The molecular formula is C15H15NO6. The standard InChI is InChI=1S/C15H15NO6/c1-15(2,14(20)21-3)8-11(17)22-16-12(18)9-6-4-5-7-10(9)13(16)19/h4-7H,8H2,1-3H3. The number of amides is 2. The fourth-order valence-electron chi connectivity index (χ4n) is 2.09. The first-order valence-corrected chi connectivity index (χ1v) is 6.55. The molecule has 7 nitrogen and oxygen atoms in total. The second-order valence-corrected chi connectivity index (χ2v) is 5.47. The molecule has 1 aromatic rings. The van der Waals surface area contributed by atoms with Crippen molar-refractivity contribution < 1.29 is 28.8 Å². The van der Waals surface area contributed by atoms with Gasteiger partial charge in [0.2, 0.25) is 0 Å². The van der Waals surface area contributed by atoms with Crippen LogP contribution >= 0.6 is 0 Å². The number of hydrogen-bond donors (Lipinski definition) is 0. The number of benzene rings is 1. The van der Waals surface area contributed by atoms with Gasteiger partial charge in [0.25, 0.3) is 11.8 Å². The summed E-state index contributed by atoms with van der Waals surface area (Å²) in [5, 5.41) is 0.417. The molecule has 1 heterocycles. The molecule has 7 heteroatoms. The Balaban J connectivity index is 2.10.